The van der Waals surface area contributed by atoms with Gasteiger partial charge in [0.25, 0.3) is 0 Å². The summed E-state index contributed by atoms with van der Waals surface area (Å²) in [5, 5.41) is 46.7. The number of hydrogen-bond donors (Lipinski definition) is 7. The normalized spacial score (nSPS) is 25.5. The predicted molar refractivity (Wildman–Crippen MR) is 289 cm³/mol. The zero-order valence-corrected chi connectivity index (χ0v) is 46.8. The first-order valence-electron chi connectivity index (χ1n) is 25.5. The molecule has 438 valence electrons. The fraction of sp³-hybridized carbons (Fsp3) is 0.458. The Hall–Kier alpha value is -8.28. The molecule has 8 aliphatic heterocycles. The lowest BCUT2D eigenvalue weighted by Gasteiger charge is -2.49. The first kappa shape index (κ1) is 57.9. The number of hydrogen-bond acceptors (Lipinski definition) is 28. The Morgan fingerprint density at radius 2 is 1.24 bits per heavy atom. The summed E-state index contributed by atoms with van der Waals surface area (Å²) in [6, 6.07) is -0.147. The first-order valence-corrected chi connectivity index (χ1v) is 29.2. The van der Waals surface area contributed by atoms with E-state index in [1.807, 2.05) is 4.90 Å². The third-order valence-corrected chi connectivity index (χ3v) is 18.8. The van der Waals surface area contributed by atoms with Crippen LogP contribution >= 0.6 is 46.6 Å². The van der Waals surface area contributed by atoms with Crippen LogP contribution in [0.25, 0.3) is 0 Å². The van der Waals surface area contributed by atoms with Crippen molar-refractivity contribution in [1.29, 1.82) is 0 Å². The molecule has 5 amide bonds. The van der Waals surface area contributed by atoms with Gasteiger partial charge in [0.2, 0.25) is 35.3 Å². The average molecular weight is 1220 g/mol. The summed E-state index contributed by atoms with van der Waals surface area (Å²) in [5.41, 5.74) is 11.4. The zero-order chi connectivity index (χ0) is 59.1. The molecule has 3 aromatic rings. The summed E-state index contributed by atoms with van der Waals surface area (Å²) in [4.78, 5) is 141. The molecular weight excluding hydrogens is 1170 g/mol. The molecule has 6 saturated heterocycles. The molecule has 0 radical (unpaired) electrons. The van der Waals surface area contributed by atoms with E-state index in [0.29, 0.717) is 61.2 Å². The van der Waals surface area contributed by atoms with E-state index in [4.69, 9.17) is 25.0 Å². The van der Waals surface area contributed by atoms with Crippen molar-refractivity contribution in [3.8, 4) is 0 Å². The molecule has 9 N–H and O–H groups in total. The highest BCUT2D eigenvalue weighted by Gasteiger charge is 2.56. The van der Waals surface area contributed by atoms with Gasteiger partial charge < -0.3 is 65.7 Å². The van der Waals surface area contributed by atoms with Crippen LogP contribution in [0.2, 0.25) is 0 Å². The Balaban J connectivity index is 0.000000192. The van der Waals surface area contributed by atoms with Crippen LogP contribution in [0.4, 0.5) is 15.1 Å². The molecule has 0 spiro atoms. The number of nitrogens with two attached hydrogens (primary N) is 2. The number of aromatic nitrogens is 4. The van der Waals surface area contributed by atoms with Crippen LogP contribution in [-0.2, 0) is 49.7 Å². The second-order valence-corrected chi connectivity index (χ2v) is 23.6. The summed E-state index contributed by atoms with van der Waals surface area (Å²) < 4.78 is 22.5. The number of oxime groups is 2. The number of carbonyl (C=O) groups is 9. The number of ketones is 2. The molecular formula is C48H50N14O17S4. The van der Waals surface area contributed by atoms with Gasteiger partial charge in [-0.1, -0.05) is 10.3 Å². The second-order valence-electron chi connectivity index (χ2n) is 19.8. The minimum atomic E-state index is -1.35. The molecule has 11 heterocycles. The number of likely N-dealkylation sites (tertiary alicyclic amines) is 3. The number of nitrogens with zero attached hydrogens (tertiary/aromatic N) is 11. The minimum Gasteiger partial charge on any atom is -0.477 e. The van der Waals surface area contributed by atoms with Crippen LogP contribution in [0, 0.1) is 18.8 Å². The van der Waals surface area contributed by atoms with Crippen molar-refractivity contribution in [2.24, 2.45) is 22.1 Å². The molecule has 0 aromatic carbocycles. The molecule has 0 aliphatic carbocycles. The Labute approximate surface area is 484 Å². The van der Waals surface area contributed by atoms with Gasteiger partial charge in [-0.05, 0) is 62.5 Å². The molecule has 0 bridgehead atoms. The van der Waals surface area contributed by atoms with E-state index in [-0.39, 0.29) is 106 Å². The highest BCUT2D eigenvalue weighted by Crippen LogP contribution is 2.48. The lowest BCUT2D eigenvalue weighted by molar-refractivity contribution is -0.153. The summed E-state index contributed by atoms with van der Waals surface area (Å²) in [5.74, 6) is -7.57. The van der Waals surface area contributed by atoms with Crippen molar-refractivity contribution in [3.63, 3.8) is 0 Å². The topological polar surface area (TPSA) is 444 Å². The Kier molecular flexibility index (Phi) is 16.7. The molecule has 0 saturated carbocycles. The Morgan fingerprint density at radius 3 is 1.66 bits per heavy atom. The number of β-lactam (4-membered cyclic amide) rings is 2. The molecule has 11 rings (SSSR count). The number of rotatable bonds is 16. The van der Waals surface area contributed by atoms with Crippen molar-refractivity contribution in [2.75, 3.05) is 62.2 Å². The van der Waals surface area contributed by atoms with Crippen LogP contribution in [-0.4, -0.2) is 202 Å². The van der Waals surface area contributed by atoms with E-state index in [1.165, 1.54) is 46.3 Å². The third-order valence-electron chi connectivity index (χ3n) is 15.0. The number of nitrogen functional groups attached to an aromatic ring is 2. The number of carboxylic acid groups (broad SMARTS) is 2. The lowest BCUT2D eigenvalue weighted by atomic mass is 9.89. The Bertz CT molecular complexity index is 3500. The summed E-state index contributed by atoms with van der Waals surface area (Å²) in [7, 11) is 0. The molecule has 35 heteroatoms. The molecule has 3 aromatic heterocycles. The van der Waals surface area contributed by atoms with Gasteiger partial charge in [0, 0.05) is 97.3 Å². The van der Waals surface area contributed by atoms with Crippen molar-refractivity contribution in [3.05, 3.63) is 79.6 Å². The minimum absolute atomic E-state index is 0.0602. The highest BCUT2D eigenvalue weighted by atomic mass is 32.2. The van der Waals surface area contributed by atoms with Crippen LogP contribution in [0.15, 0.2) is 69.8 Å². The summed E-state index contributed by atoms with van der Waals surface area (Å²) >= 11 is 4.22. The number of Topliss-reactive ketones (excluding diaryl/α,β-unsaturated/α-hetero) is 2. The number of carboxylic acids is 2. The van der Waals surface area contributed by atoms with E-state index in [0.717, 1.165) is 47.5 Å². The maximum Gasteiger partial charge on any atom is 0.519 e. The molecule has 0 unspecified atom stereocenters. The predicted octanol–water partition coefficient (Wildman–Crippen LogP) is 0.201. The van der Waals surface area contributed by atoms with Crippen LogP contribution in [0.5, 0.6) is 0 Å². The number of ether oxygens (including phenoxy) is 1. The van der Waals surface area contributed by atoms with Gasteiger partial charge in [-0.2, -0.15) is 18.7 Å². The van der Waals surface area contributed by atoms with E-state index in [9.17, 15) is 68.6 Å². The van der Waals surface area contributed by atoms with Crippen LogP contribution in [0.3, 0.4) is 0 Å². The fourth-order valence-corrected chi connectivity index (χ4v) is 14.5. The zero-order valence-electron chi connectivity index (χ0n) is 43.5. The van der Waals surface area contributed by atoms with E-state index < -0.39 is 81.2 Å². The number of allylic oxidation sites excluding steroid dienone is 2. The SMILES string of the molecule is Cc1oc(=O)oc1COC(=O)N1CC[C@@H](N2CC/C(=C\C3=C(C(=O)O)N4C(=O)[C@@H](CC(=O)/C(=N\O)c5nsc(N)n5)[C@H]4SC3)C2=O)C1.Nc1nc(/C(=N/O)C(=O)C[C@@H]2C(=O)N3C(C(=O)O)=C(/C=C4\CCN([C@@H]5CCNC5)C4=O)CS[C@H]23)ns1. The van der Waals surface area contributed by atoms with Gasteiger partial charge in [-0.15, -0.1) is 23.5 Å². The Morgan fingerprint density at radius 1 is 0.735 bits per heavy atom. The van der Waals surface area contributed by atoms with Crippen LogP contribution in [0.1, 0.15) is 61.7 Å². The standard InChI is InChI=1S/C27H27N7O11S2.C21H23N7O6S2/c1-11-17(45-27(41)44-11)9-43-26(40)32-4-3-14(8-32)33-5-2-12(21(33)36)6-13-10-46-23-15(22(37)34(23)19(13)24(38)39)7-16(35)18(30-42)20-29-25(28)47-31-20;22-21-24-16(26-36-21)14(25-34)13(29)6-12-18(31)28-15(20(32)33)10(8-35-19(12)28)5-9-2-4-27(17(9)30)11-1-3-23-7-11/h6,14-15,23,42H,2-5,7-10H2,1H3,(H,38,39)(H2,28,29,31);5,11-12,19,23,34H,1-4,6-8H2,(H,32,33)(H2,22,24,26)/b12-6+,30-18+;9-5+,25-14+/t14-,15-,23-;11-,12-,19-/m11/s1. The van der Waals surface area contributed by atoms with E-state index in [1.54, 1.807) is 11.0 Å². The number of aliphatic carboxylic acids is 2. The van der Waals surface area contributed by atoms with Crippen molar-refractivity contribution in [1.82, 2.24) is 48.5 Å². The quantitative estimate of drug-likeness (QED) is 0.0331. The maximum absolute atomic E-state index is 13.4. The van der Waals surface area contributed by atoms with Crippen molar-refractivity contribution >= 4 is 122 Å². The molecule has 6 fully saturated rings. The summed E-state index contributed by atoms with van der Waals surface area (Å²) in [6.07, 6.45) is 4.09. The average Bonchev–Trinajstić information content (AvgIpc) is 2.24. The lowest BCUT2D eigenvalue weighted by Crippen LogP contribution is -2.62. The number of fused-ring (bicyclic) bond motifs is 2. The van der Waals surface area contributed by atoms with Crippen molar-refractivity contribution in [2.45, 2.75) is 74.9 Å². The van der Waals surface area contributed by atoms with Gasteiger partial charge in [-0.25, -0.2) is 19.2 Å². The van der Waals surface area contributed by atoms with Gasteiger partial charge in [0.05, 0.1) is 28.6 Å². The number of amides is 5. The fourth-order valence-electron chi connectivity index (χ4n) is 10.9. The number of aryl methyl sites for hydroxylation is 1. The second kappa shape index (κ2) is 23.9. The molecule has 6 atom stereocenters. The summed E-state index contributed by atoms with van der Waals surface area (Å²) in [6.45, 7) is 4.36. The number of thioether (sulfide) groups is 2. The molecule has 8 aliphatic rings. The number of nitrogens with one attached hydrogen (secondary N) is 1. The van der Waals surface area contributed by atoms with E-state index in [2.05, 4.69) is 34.3 Å². The highest BCUT2D eigenvalue weighted by molar-refractivity contribution is 8.00. The molecule has 31 nitrogen and oxygen atoms in total. The smallest absolute Gasteiger partial charge is 0.477 e. The van der Waals surface area contributed by atoms with Crippen molar-refractivity contribution < 1.29 is 77.3 Å². The molecule has 83 heavy (non-hydrogen) atoms. The van der Waals surface area contributed by atoms with Gasteiger partial charge in [0.15, 0.2) is 51.4 Å². The van der Waals surface area contributed by atoms with Gasteiger partial charge in [-0.3, -0.25) is 38.6 Å². The number of anilines is 2. The van der Waals surface area contributed by atoms with Gasteiger partial charge in [0.1, 0.15) is 11.4 Å². The first-order chi connectivity index (χ1) is 39.8. The number of carbonyl (C=O) groups excluding carboxylic acids is 7. The third kappa shape index (κ3) is 11.4. The largest absolute Gasteiger partial charge is 0.519 e. The maximum atomic E-state index is 13.4. The van der Waals surface area contributed by atoms with Gasteiger partial charge >= 0.3 is 23.9 Å². The van der Waals surface area contributed by atoms with Crippen LogP contribution < -0.4 is 22.6 Å². The monoisotopic (exact) mass is 1220 g/mol. The van der Waals surface area contributed by atoms with E-state index >= 15 is 0 Å².